The van der Waals surface area contributed by atoms with Crippen molar-refractivity contribution in [2.75, 3.05) is 5.43 Å². The maximum Gasteiger partial charge on any atom is 0.203 e. The van der Waals surface area contributed by atoms with Crippen LogP contribution in [-0.2, 0) is 6.61 Å². The normalized spacial score (nSPS) is 11.0. The summed E-state index contributed by atoms with van der Waals surface area (Å²) in [5, 5.41) is 8.37. The summed E-state index contributed by atoms with van der Waals surface area (Å²) in [7, 11) is 0. The molecule has 0 amide bonds. The lowest BCUT2D eigenvalue weighted by atomic mass is 10.2. The first-order valence-electron chi connectivity index (χ1n) is 9.14. The summed E-state index contributed by atoms with van der Waals surface area (Å²) in [6.07, 6.45) is 1.74. The van der Waals surface area contributed by atoms with Gasteiger partial charge in [-0.05, 0) is 48.0 Å². The third kappa shape index (κ3) is 5.39. The number of halogens is 2. The maximum absolute atomic E-state index is 6.15. The van der Waals surface area contributed by atoms with Crippen molar-refractivity contribution in [3.8, 4) is 17.0 Å². The van der Waals surface area contributed by atoms with E-state index in [0.717, 1.165) is 33.3 Å². The van der Waals surface area contributed by atoms with Crippen molar-refractivity contribution in [3.05, 3.63) is 99.3 Å². The van der Waals surface area contributed by atoms with Crippen LogP contribution in [0, 0.1) is 0 Å². The Morgan fingerprint density at radius 2 is 1.73 bits per heavy atom. The Balaban J connectivity index is 1.31. The number of anilines is 1. The Kier molecular flexibility index (Phi) is 6.64. The number of hydrogen-bond donors (Lipinski definition) is 1. The van der Waals surface area contributed by atoms with E-state index in [1.807, 2.05) is 78.2 Å². The Hall–Kier alpha value is -2.86. The van der Waals surface area contributed by atoms with Crippen LogP contribution in [0.5, 0.6) is 5.75 Å². The number of ether oxygens (including phenoxy) is 1. The van der Waals surface area contributed by atoms with Crippen molar-refractivity contribution < 1.29 is 4.74 Å². The molecule has 0 fully saturated rings. The minimum absolute atomic E-state index is 0.425. The predicted molar refractivity (Wildman–Crippen MR) is 126 cm³/mol. The number of thiazole rings is 1. The van der Waals surface area contributed by atoms with Crippen molar-refractivity contribution in [3.63, 3.8) is 0 Å². The Labute approximate surface area is 188 Å². The number of hydrazone groups is 1. The molecule has 0 saturated heterocycles. The summed E-state index contributed by atoms with van der Waals surface area (Å²) in [5.41, 5.74) is 6.77. The van der Waals surface area contributed by atoms with E-state index in [-0.39, 0.29) is 0 Å². The molecule has 0 unspecified atom stereocenters. The van der Waals surface area contributed by atoms with Gasteiger partial charge in [-0.2, -0.15) is 5.10 Å². The molecule has 3 aromatic carbocycles. The first kappa shape index (κ1) is 20.4. The highest BCUT2D eigenvalue weighted by atomic mass is 35.5. The van der Waals surface area contributed by atoms with Gasteiger partial charge in [-0.25, -0.2) is 4.98 Å². The average Bonchev–Trinajstić information content (AvgIpc) is 3.23. The summed E-state index contributed by atoms with van der Waals surface area (Å²) in [4.78, 5) is 4.54. The Morgan fingerprint density at radius 1 is 0.967 bits per heavy atom. The average molecular weight is 454 g/mol. The van der Waals surface area contributed by atoms with Gasteiger partial charge in [0, 0.05) is 26.6 Å². The van der Waals surface area contributed by atoms with Crippen molar-refractivity contribution in [1.82, 2.24) is 4.98 Å². The molecule has 0 atom stereocenters. The quantitative estimate of drug-likeness (QED) is 0.238. The van der Waals surface area contributed by atoms with Crippen LogP contribution in [0.3, 0.4) is 0 Å². The second kappa shape index (κ2) is 9.76. The Morgan fingerprint density at radius 3 is 2.50 bits per heavy atom. The minimum atomic E-state index is 0.425. The minimum Gasteiger partial charge on any atom is -0.489 e. The fraction of sp³-hybridized carbons (Fsp3) is 0.0435. The molecule has 1 N–H and O–H groups in total. The van der Waals surface area contributed by atoms with Gasteiger partial charge in [-0.15, -0.1) is 11.3 Å². The molecule has 0 aliphatic carbocycles. The third-order valence-corrected chi connectivity index (χ3v) is 5.62. The molecule has 4 nitrogen and oxygen atoms in total. The van der Waals surface area contributed by atoms with Crippen LogP contribution in [-0.4, -0.2) is 11.2 Å². The van der Waals surface area contributed by atoms with E-state index in [0.29, 0.717) is 16.7 Å². The van der Waals surface area contributed by atoms with Gasteiger partial charge in [-0.3, -0.25) is 5.43 Å². The van der Waals surface area contributed by atoms with Gasteiger partial charge in [0.05, 0.1) is 11.9 Å². The first-order valence-corrected chi connectivity index (χ1v) is 10.8. The third-order valence-electron chi connectivity index (χ3n) is 4.25. The van der Waals surface area contributed by atoms with Crippen LogP contribution in [0.1, 0.15) is 11.1 Å². The molecule has 0 bridgehead atoms. The molecule has 0 radical (unpaired) electrons. The van der Waals surface area contributed by atoms with Gasteiger partial charge in [0.25, 0.3) is 0 Å². The zero-order valence-electron chi connectivity index (χ0n) is 15.8. The van der Waals surface area contributed by atoms with Gasteiger partial charge in [0.1, 0.15) is 12.4 Å². The molecule has 0 saturated carbocycles. The van der Waals surface area contributed by atoms with Gasteiger partial charge < -0.3 is 4.74 Å². The van der Waals surface area contributed by atoms with E-state index in [2.05, 4.69) is 15.5 Å². The van der Waals surface area contributed by atoms with E-state index >= 15 is 0 Å². The predicted octanol–water partition coefficient (Wildman–Crippen LogP) is 7.14. The van der Waals surface area contributed by atoms with Gasteiger partial charge in [0.15, 0.2) is 0 Å². The highest BCUT2D eigenvalue weighted by Crippen LogP contribution is 2.26. The zero-order chi connectivity index (χ0) is 20.8. The molecular weight excluding hydrogens is 437 g/mol. The van der Waals surface area contributed by atoms with Crippen LogP contribution in [0.2, 0.25) is 10.0 Å². The van der Waals surface area contributed by atoms with Crippen LogP contribution < -0.4 is 10.2 Å². The molecule has 150 valence electrons. The van der Waals surface area contributed by atoms with Crippen molar-refractivity contribution in [1.29, 1.82) is 0 Å². The number of benzene rings is 3. The molecule has 1 heterocycles. The van der Waals surface area contributed by atoms with E-state index in [4.69, 9.17) is 27.9 Å². The summed E-state index contributed by atoms with van der Waals surface area (Å²) >= 11 is 13.6. The van der Waals surface area contributed by atoms with Crippen LogP contribution in [0.25, 0.3) is 11.3 Å². The van der Waals surface area contributed by atoms with E-state index in [9.17, 15) is 0 Å². The summed E-state index contributed by atoms with van der Waals surface area (Å²) in [6.45, 7) is 0.425. The molecule has 0 spiro atoms. The lowest BCUT2D eigenvalue weighted by Gasteiger charge is -2.07. The smallest absolute Gasteiger partial charge is 0.203 e. The molecule has 0 aliphatic rings. The summed E-state index contributed by atoms with van der Waals surface area (Å²) < 4.78 is 5.79. The molecule has 30 heavy (non-hydrogen) atoms. The first-order chi connectivity index (χ1) is 14.7. The standard InChI is InChI=1S/C23H17Cl2N3OS/c24-19-9-7-17(8-10-19)22-15-30-23(27-22)28-26-13-16-5-11-20(12-6-16)29-14-18-3-1-2-4-21(18)25/h1-13,15H,14H2,(H,27,28)/b26-13+. The maximum atomic E-state index is 6.15. The number of nitrogens with zero attached hydrogens (tertiary/aromatic N) is 2. The van der Waals surface area contributed by atoms with Gasteiger partial charge in [0.2, 0.25) is 5.13 Å². The fourth-order valence-corrected chi connectivity index (χ4v) is 3.65. The molecule has 7 heteroatoms. The Bertz CT molecular complexity index is 1140. The molecule has 0 aliphatic heterocycles. The number of rotatable bonds is 7. The zero-order valence-corrected chi connectivity index (χ0v) is 18.1. The monoisotopic (exact) mass is 453 g/mol. The number of aromatic nitrogens is 1. The molecular formula is C23H17Cl2N3OS. The molecule has 1 aromatic heterocycles. The lowest BCUT2D eigenvalue weighted by Crippen LogP contribution is -1.96. The lowest BCUT2D eigenvalue weighted by molar-refractivity contribution is 0.306. The van der Waals surface area contributed by atoms with Crippen molar-refractivity contribution in [2.45, 2.75) is 6.61 Å². The highest BCUT2D eigenvalue weighted by molar-refractivity contribution is 7.14. The van der Waals surface area contributed by atoms with E-state index in [1.54, 1.807) is 6.21 Å². The van der Waals surface area contributed by atoms with Gasteiger partial charge in [-0.1, -0.05) is 53.5 Å². The van der Waals surface area contributed by atoms with E-state index in [1.165, 1.54) is 11.3 Å². The summed E-state index contributed by atoms with van der Waals surface area (Å²) in [6, 6.07) is 22.9. The second-order valence-electron chi connectivity index (χ2n) is 6.36. The molecule has 4 rings (SSSR count). The fourth-order valence-electron chi connectivity index (χ4n) is 2.67. The second-order valence-corrected chi connectivity index (χ2v) is 8.07. The van der Waals surface area contributed by atoms with Crippen molar-refractivity contribution >= 4 is 45.9 Å². The number of hydrogen-bond acceptors (Lipinski definition) is 5. The number of nitrogens with one attached hydrogen (secondary N) is 1. The highest BCUT2D eigenvalue weighted by Gasteiger charge is 2.04. The summed E-state index contributed by atoms with van der Waals surface area (Å²) in [5.74, 6) is 0.771. The van der Waals surface area contributed by atoms with Crippen LogP contribution in [0.15, 0.2) is 83.3 Å². The van der Waals surface area contributed by atoms with Crippen molar-refractivity contribution in [2.24, 2.45) is 5.10 Å². The van der Waals surface area contributed by atoms with Gasteiger partial charge >= 0.3 is 0 Å². The SMILES string of the molecule is Clc1ccc(-c2csc(N/N=C/c3ccc(OCc4ccccc4Cl)cc3)n2)cc1. The largest absolute Gasteiger partial charge is 0.489 e. The topological polar surface area (TPSA) is 46.5 Å². The van der Waals surface area contributed by atoms with E-state index < -0.39 is 0 Å². The van der Waals surface area contributed by atoms with Crippen LogP contribution >= 0.6 is 34.5 Å². The molecule has 4 aromatic rings. The van der Waals surface area contributed by atoms with Crippen LogP contribution in [0.4, 0.5) is 5.13 Å².